The number of carbonyl (C=O) groups is 1. The van der Waals surface area contributed by atoms with Crippen LogP contribution in [0.3, 0.4) is 0 Å². The third-order valence-corrected chi connectivity index (χ3v) is 6.63. The Bertz CT molecular complexity index is 1290. The molecule has 7 nitrogen and oxygen atoms in total. The van der Waals surface area contributed by atoms with Crippen LogP contribution in [0.2, 0.25) is 5.02 Å². The van der Waals surface area contributed by atoms with E-state index in [0.29, 0.717) is 10.6 Å². The fourth-order valence-corrected chi connectivity index (χ4v) is 4.64. The van der Waals surface area contributed by atoms with Crippen LogP contribution >= 0.6 is 22.9 Å². The number of anilines is 1. The number of rotatable bonds is 6. The SMILES string of the molecule is COC(=O)C(C)(C)OCC#Cc1cc(Cl)ccc1NS(=O)(=O)c1ccc2ncsc2c1. The molecule has 0 aliphatic rings. The Morgan fingerprint density at radius 3 is 2.77 bits per heavy atom. The molecule has 0 radical (unpaired) electrons. The lowest BCUT2D eigenvalue weighted by Gasteiger charge is -2.20. The fourth-order valence-electron chi connectivity index (χ4n) is 2.57. The largest absolute Gasteiger partial charge is 0.467 e. The van der Waals surface area contributed by atoms with Gasteiger partial charge in [-0.25, -0.2) is 18.2 Å². The van der Waals surface area contributed by atoms with E-state index < -0.39 is 21.6 Å². The molecular weight excluding hydrogens is 460 g/mol. The summed E-state index contributed by atoms with van der Waals surface area (Å²) in [6.07, 6.45) is 0. The van der Waals surface area contributed by atoms with Crippen LogP contribution < -0.4 is 4.72 Å². The Labute approximate surface area is 189 Å². The molecule has 0 saturated carbocycles. The molecule has 10 heteroatoms. The second-order valence-corrected chi connectivity index (χ2v) is 9.87. The Hall–Kier alpha value is -2.64. The third-order valence-electron chi connectivity index (χ3n) is 4.24. The van der Waals surface area contributed by atoms with Crippen molar-refractivity contribution in [2.45, 2.75) is 24.3 Å². The van der Waals surface area contributed by atoms with Gasteiger partial charge in [0, 0.05) is 5.02 Å². The molecule has 0 aliphatic heterocycles. The predicted molar refractivity (Wildman–Crippen MR) is 121 cm³/mol. The molecule has 0 unspecified atom stereocenters. The number of fused-ring (bicyclic) bond motifs is 1. The molecule has 0 spiro atoms. The predicted octanol–water partition coefficient (Wildman–Crippen LogP) is 4.07. The van der Waals surface area contributed by atoms with Gasteiger partial charge in [-0.3, -0.25) is 4.72 Å². The molecule has 1 aromatic heterocycles. The molecule has 3 rings (SSSR count). The topological polar surface area (TPSA) is 94.6 Å². The van der Waals surface area contributed by atoms with Gasteiger partial charge in [0.25, 0.3) is 10.0 Å². The van der Waals surface area contributed by atoms with E-state index in [1.807, 2.05) is 0 Å². The van der Waals surface area contributed by atoms with Crippen molar-refractivity contribution in [2.75, 3.05) is 18.4 Å². The zero-order valence-electron chi connectivity index (χ0n) is 16.9. The molecule has 31 heavy (non-hydrogen) atoms. The summed E-state index contributed by atoms with van der Waals surface area (Å²) in [5.74, 6) is 5.08. The fraction of sp³-hybridized carbons (Fsp3) is 0.238. The van der Waals surface area contributed by atoms with Crippen molar-refractivity contribution < 1.29 is 22.7 Å². The van der Waals surface area contributed by atoms with E-state index >= 15 is 0 Å². The summed E-state index contributed by atoms with van der Waals surface area (Å²) in [6.45, 7) is 3.07. The number of esters is 1. The molecule has 1 heterocycles. The van der Waals surface area contributed by atoms with E-state index in [9.17, 15) is 13.2 Å². The van der Waals surface area contributed by atoms with Crippen molar-refractivity contribution in [3.63, 3.8) is 0 Å². The van der Waals surface area contributed by atoms with Crippen molar-refractivity contribution in [1.82, 2.24) is 4.98 Å². The zero-order valence-corrected chi connectivity index (χ0v) is 19.3. The van der Waals surface area contributed by atoms with Gasteiger partial charge in [0.1, 0.15) is 6.61 Å². The average molecular weight is 479 g/mol. The molecule has 0 saturated heterocycles. The molecular formula is C21H19ClN2O5S2. The summed E-state index contributed by atoms with van der Waals surface area (Å²) < 4.78 is 39.2. The first-order valence-electron chi connectivity index (χ1n) is 8.99. The van der Waals surface area contributed by atoms with Gasteiger partial charge < -0.3 is 9.47 Å². The van der Waals surface area contributed by atoms with Crippen LogP contribution in [0.15, 0.2) is 46.8 Å². The Morgan fingerprint density at radius 2 is 2.03 bits per heavy atom. The highest BCUT2D eigenvalue weighted by molar-refractivity contribution is 7.92. The van der Waals surface area contributed by atoms with Crippen LogP contribution in [0, 0.1) is 11.8 Å². The highest BCUT2D eigenvalue weighted by Crippen LogP contribution is 2.26. The van der Waals surface area contributed by atoms with Gasteiger partial charge in [-0.05, 0) is 50.2 Å². The maximum Gasteiger partial charge on any atom is 0.337 e. The highest BCUT2D eigenvalue weighted by atomic mass is 35.5. The number of halogens is 1. The lowest BCUT2D eigenvalue weighted by molar-refractivity contribution is -0.163. The van der Waals surface area contributed by atoms with Crippen molar-refractivity contribution >= 4 is 54.8 Å². The lowest BCUT2D eigenvalue weighted by Crippen LogP contribution is -2.36. The standard InChI is InChI=1S/C21H19ClN2O5S2/c1-21(2,20(25)28-3)29-10-4-5-14-11-15(22)6-8-17(14)24-31(26,27)16-7-9-18-19(12-16)30-13-23-18/h6-9,11-13,24H,10H2,1-3H3. The lowest BCUT2D eigenvalue weighted by atomic mass is 10.1. The van der Waals surface area contributed by atoms with E-state index in [2.05, 4.69) is 26.3 Å². The summed E-state index contributed by atoms with van der Waals surface area (Å²) >= 11 is 7.42. The quantitative estimate of drug-likeness (QED) is 0.424. The van der Waals surface area contributed by atoms with Crippen molar-refractivity contribution in [3.05, 3.63) is 52.5 Å². The second kappa shape index (κ2) is 9.24. The van der Waals surface area contributed by atoms with Crippen LogP contribution in [0.4, 0.5) is 5.69 Å². The first kappa shape index (κ1) is 23.0. The summed E-state index contributed by atoms with van der Waals surface area (Å²) in [7, 11) is -2.59. The van der Waals surface area contributed by atoms with Crippen LogP contribution in [0.25, 0.3) is 10.2 Å². The van der Waals surface area contributed by atoms with E-state index in [1.54, 1.807) is 43.6 Å². The van der Waals surface area contributed by atoms with E-state index in [1.165, 1.54) is 30.6 Å². The van der Waals surface area contributed by atoms with Crippen molar-refractivity contribution in [1.29, 1.82) is 0 Å². The summed E-state index contributed by atoms with van der Waals surface area (Å²) in [4.78, 5) is 15.9. The summed E-state index contributed by atoms with van der Waals surface area (Å²) in [5, 5.41) is 0.397. The van der Waals surface area contributed by atoms with Gasteiger partial charge in [-0.2, -0.15) is 0 Å². The minimum atomic E-state index is -3.86. The van der Waals surface area contributed by atoms with Crippen LogP contribution in [0.5, 0.6) is 0 Å². The normalized spacial score (nSPS) is 11.6. The van der Waals surface area contributed by atoms with E-state index in [4.69, 9.17) is 16.3 Å². The number of nitrogens with zero attached hydrogens (tertiary/aromatic N) is 1. The van der Waals surface area contributed by atoms with Crippen molar-refractivity contribution in [2.24, 2.45) is 0 Å². The number of methoxy groups -OCH3 is 1. The number of aromatic nitrogens is 1. The van der Waals surface area contributed by atoms with Crippen LogP contribution in [-0.2, 0) is 24.3 Å². The Balaban J connectivity index is 1.82. The van der Waals surface area contributed by atoms with E-state index in [-0.39, 0.29) is 17.2 Å². The molecule has 0 fully saturated rings. The van der Waals surface area contributed by atoms with Gasteiger partial charge in [0.15, 0.2) is 5.60 Å². The van der Waals surface area contributed by atoms with Crippen LogP contribution in [0.1, 0.15) is 19.4 Å². The van der Waals surface area contributed by atoms with Crippen molar-refractivity contribution in [3.8, 4) is 11.8 Å². The first-order chi connectivity index (χ1) is 14.6. The number of carbonyl (C=O) groups excluding carboxylic acids is 1. The minimum Gasteiger partial charge on any atom is -0.467 e. The van der Waals surface area contributed by atoms with Gasteiger partial charge in [-0.1, -0.05) is 23.4 Å². The third kappa shape index (κ3) is 5.54. The molecule has 3 aromatic rings. The summed E-state index contributed by atoms with van der Waals surface area (Å²) in [6, 6.07) is 9.36. The average Bonchev–Trinajstić information content (AvgIpc) is 3.20. The number of sulfonamides is 1. The molecule has 0 aliphatic carbocycles. The van der Waals surface area contributed by atoms with Crippen LogP contribution in [-0.4, -0.2) is 38.7 Å². The molecule has 1 N–H and O–H groups in total. The maximum atomic E-state index is 12.9. The number of hydrogen-bond donors (Lipinski definition) is 1. The number of ether oxygens (including phenoxy) is 2. The van der Waals surface area contributed by atoms with E-state index in [0.717, 1.165) is 10.2 Å². The Kier molecular flexibility index (Phi) is 6.86. The van der Waals surface area contributed by atoms with Gasteiger partial charge in [0.05, 0.1) is 39.0 Å². The monoisotopic (exact) mass is 478 g/mol. The Morgan fingerprint density at radius 1 is 1.26 bits per heavy atom. The zero-order chi connectivity index (χ0) is 22.6. The number of nitrogens with one attached hydrogen (secondary N) is 1. The number of thiazole rings is 1. The molecule has 0 amide bonds. The highest BCUT2D eigenvalue weighted by Gasteiger charge is 2.29. The number of benzene rings is 2. The smallest absolute Gasteiger partial charge is 0.337 e. The molecule has 2 aromatic carbocycles. The summed E-state index contributed by atoms with van der Waals surface area (Å²) in [5.41, 5.74) is 1.88. The van der Waals surface area contributed by atoms with Gasteiger partial charge >= 0.3 is 5.97 Å². The second-order valence-electron chi connectivity index (χ2n) is 6.87. The van der Waals surface area contributed by atoms with Gasteiger partial charge in [0.2, 0.25) is 0 Å². The van der Waals surface area contributed by atoms with Gasteiger partial charge in [-0.15, -0.1) is 11.3 Å². The molecule has 0 bridgehead atoms. The molecule has 162 valence electrons. The maximum absolute atomic E-state index is 12.9. The number of hydrogen-bond acceptors (Lipinski definition) is 7. The molecule has 0 atom stereocenters. The minimum absolute atomic E-state index is 0.0666. The first-order valence-corrected chi connectivity index (χ1v) is 11.7.